The average molecular weight is 397 g/mol. The Morgan fingerprint density at radius 3 is 2.07 bits per heavy atom. The molecule has 0 radical (unpaired) electrons. The van der Waals surface area contributed by atoms with Gasteiger partial charge in [0.1, 0.15) is 5.82 Å². The Hall–Kier alpha value is -3.10. The van der Waals surface area contributed by atoms with Crippen LogP contribution in [0.4, 0.5) is 22.4 Å². The molecule has 0 fully saturated rings. The number of alkyl halides is 3. The molecular formula is C19H19F4N3O2. The number of hydrogen-bond donors (Lipinski definition) is 2. The molecule has 150 valence electrons. The maximum absolute atomic E-state index is 12.8. The molecule has 0 spiro atoms. The lowest BCUT2D eigenvalue weighted by molar-refractivity contribution is -0.137. The molecule has 0 aromatic heterocycles. The van der Waals surface area contributed by atoms with Crippen LogP contribution in [0.5, 0.6) is 0 Å². The van der Waals surface area contributed by atoms with Crippen molar-refractivity contribution in [2.75, 3.05) is 13.6 Å². The molecule has 0 saturated carbocycles. The summed E-state index contributed by atoms with van der Waals surface area (Å²) < 4.78 is 50.5. The number of halogens is 4. The number of carbonyl (C=O) groups is 2. The summed E-state index contributed by atoms with van der Waals surface area (Å²) in [7, 11) is 1.48. The third-order valence-electron chi connectivity index (χ3n) is 3.89. The molecule has 0 bridgehead atoms. The summed E-state index contributed by atoms with van der Waals surface area (Å²) in [5, 5.41) is 4.93. The van der Waals surface area contributed by atoms with Crippen LogP contribution in [-0.2, 0) is 24.1 Å². The lowest BCUT2D eigenvalue weighted by atomic mass is 10.1. The normalized spacial score (nSPS) is 11.0. The predicted octanol–water partition coefficient (Wildman–Crippen LogP) is 3.30. The van der Waals surface area contributed by atoms with Gasteiger partial charge in [0.05, 0.1) is 12.1 Å². The van der Waals surface area contributed by atoms with Crippen LogP contribution in [0.2, 0.25) is 0 Å². The summed E-state index contributed by atoms with van der Waals surface area (Å²) in [6.45, 7) is 0.00390. The molecule has 9 heteroatoms. The van der Waals surface area contributed by atoms with Gasteiger partial charge in [-0.1, -0.05) is 24.3 Å². The SMILES string of the molecule is CN(Cc1ccc(C(F)(F)F)cc1)C(=O)CNC(=O)NCc1ccc(F)cc1. The third-order valence-corrected chi connectivity index (χ3v) is 3.89. The topological polar surface area (TPSA) is 61.4 Å². The standard InChI is InChI=1S/C19H19F4N3O2/c1-26(12-14-2-6-15(7-3-14)19(21,22)23)17(27)11-25-18(28)24-10-13-4-8-16(20)9-5-13/h2-9H,10-12H2,1H3,(H2,24,25,28). The van der Waals surface area contributed by atoms with E-state index in [2.05, 4.69) is 10.6 Å². The Morgan fingerprint density at radius 1 is 0.929 bits per heavy atom. The van der Waals surface area contributed by atoms with Crippen LogP contribution in [0.25, 0.3) is 0 Å². The number of hydrogen-bond acceptors (Lipinski definition) is 2. The first-order valence-corrected chi connectivity index (χ1v) is 8.31. The zero-order valence-corrected chi connectivity index (χ0v) is 15.0. The second-order valence-corrected chi connectivity index (χ2v) is 6.11. The van der Waals surface area contributed by atoms with E-state index in [-0.39, 0.29) is 25.5 Å². The van der Waals surface area contributed by atoms with Crippen molar-refractivity contribution >= 4 is 11.9 Å². The average Bonchev–Trinajstić information content (AvgIpc) is 2.65. The first-order valence-electron chi connectivity index (χ1n) is 8.31. The van der Waals surface area contributed by atoms with Crippen LogP contribution in [-0.4, -0.2) is 30.4 Å². The molecule has 5 nitrogen and oxygen atoms in total. The third kappa shape index (κ3) is 6.57. The summed E-state index contributed by atoms with van der Waals surface area (Å²) in [6, 6.07) is 9.54. The van der Waals surface area contributed by atoms with E-state index in [1.54, 1.807) is 0 Å². The van der Waals surface area contributed by atoms with Crippen LogP contribution in [0.1, 0.15) is 16.7 Å². The lowest BCUT2D eigenvalue weighted by Gasteiger charge is -2.18. The van der Waals surface area contributed by atoms with Gasteiger partial charge in [0.15, 0.2) is 0 Å². The van der Waals surface area contributed by atoms with Crippen LogP contribution >= 0.6 is 0 Å². The van der Waals surface area contributed by atoms with E-state index >= 15 is 0 Å². The van der Waals surface area contributed by atoms with Crippen molar-refractivity contribution in [1.82, 2.24) is 15.5 Å². The molecule has 0 heterocycles. The van der Waals surface area contributed by atoms with Crippen LogP contribution in [0.15, 0.2) is 48.5 Å². The molecule has 2 aromatic rings. The van der Waals surface area contributed by atoms with Gasteiger partial charge in [-0.05, 0) is 35.4 Å². The molecule has 0 atom stereocenters. The van der Waals surface area contributed by atoms with Gasteiger partial charge in [-0.2, -0.15) is 13.2 Å². The van der Waals surface area contributed by atoms with Crippen LogP contribution < -0.4 is 10.6 Å². The maximum atomic E-state index is 12.8. The van der Waals surface area contributed by atoms with E-state index in [4.69, 9.17) is 0 Å². The number of nitrogens with zero attached hydrogens (tertiary/aromatic N) is 1. The van der Waals surface area contributed by atoms with E-state index < -0.39 is 23.7 Å². The molecule has 0 unspecified atom stereocenters. The second kappa shape index (κ2) is 9.20. The summed E-state index contributed by atoms with van der Waals surface area (Å²) in [4.78, 5) is 25.1. The summed E-state index contributed by atoms with van der Waals surface area (Å²) in [5.41, 5.74) is 0.469. The van der Waals surface area contributed by atoms with Crippen molar-refractivity contribution in [3.05, 3.63) is 71.0 Å². The first kappa shape index (κ1) is 21.2. The minimum absolute atomic E-state index is 0.107. The van der Waals surface area contributed by atoms with Crippen molar-refractivity contribution in [2.45, 2.75) is 19.3 Å². The minimum Gasteiger partial charge on any atom is -0.340 e. The largest absolute Gasteiger partial charge is 0.416 e. The number of rotatable bonds is 6. The zero-order chi connectivity index (χ0) is 20.7. The van der Waals surface area contributed by atoms with Gasteiger partial charge in [0.25, 0.3) is 0 Å². The lowest BCUT2D eigenvalue weighted by Crippen LogP contribution is -2.42. The minimum atomic E-state index is -4.41. The summed E-state index contributed by atoms with van der Waals surface area (Å²) >= 11 is 0. The second-order valence-electron chi connectivity index (χ2n) is 6.11. The highest BCUT2D eigenvalue weighted by atomic mass is 19.4. The zero-order valence-electron chi connectivity index (χ0n) is 15.0. The first-order chi connectivity index (χ1) is 13.1. The molecule has 2 aromatic carbocycles. The van der Waals surface area contributed by atoms with Crippen LogP contribution in [0, 0.1) is 5.82 Å². The fraction of sp³-hybridized carbons (Fsp3) is 0.263. The maximum Gasteiger partial charge on any atom is 0.416 e. The Bertz CT molecular complexity index is 805. The monoisotopic (exact) mass is 397 g/mol. The molecule has 0 saturated heterocycles. The Morgan fingerprint density at radius 2 is 1.50 bits per heavy atom. The van der Waals surface area contributed by atoms with Crippen molar-refractivity contribution in [2.24, 2.45) is 0 Å². The van der Waals surface area contributed by atoms with Crippen molar-refractivity contribution in [3.8, 4) is 0 Å². The van der Waals surface area contributed by atoms with Gasteiger partial charge < -0.3 is 15.5 Å². The van der Waals surface area contributed by atoms with Crippen LogP contribution in [0.3, 0.4) is 0 Å². The summed E-state index contributed by atoms with van der Waals surface area (Å²) in [6.07, 6.45) is -4.41. The number of carbonyl (C=O) groups excluding carboxylic acids is 2. The van der Waals surface area contributed by atoms with Gasteiger partial charge in [-0.15, -0.1) is 0 Å². The Kier molecular flexibility index (Phi) is 6.97. The number of amides is 3. The van der Waals surface area contributed by atoms with Crippen molar-refractivity contribution in [1.29, 1.82) is 0 Å². The number of benzene rings is 2. The molecule has 0 aliphatic rings. The van der Waals surface area contributed by atoms with E-state index in [1.807, 2.05) is 0 Å². The van der Waals surface area contributed by atoms with Gasteiger partial charge in [0, 0.05) is 20.1 Å². The smallest absolute Gasteiger partial charge is 0.340 e. The van der Waals surface area contributed by atoms with E-state index in [0.717, 1.165) is 12.1 Å². The van der Waals surface area contributed by atoms with Gasteiger partial charge in [0.2, 0.25) is 5.91 Å². The van der Waals surface area contributed by atoms with Crippen molar-refractivity contribution < 1.29 is 27.2 Å². The Balaban J connectivity index is 1.75. The van der Waals surface area contributed by atoms with Gasteiger partial charge in [-0.3, -0.25) is 4.79 Å². The molecule has 0 aliphatic carbocycles. The summed E-state index contributed by atoms with van der Waals surface area (Å²) in [5.74, 6) is -0.785. The fourth-order valence-electron chi connectivity index (χ4n) is 2.30. The van der Waals surface area contributed by atoms with Gasteiger partial charge >= 0.3 is 12.2 Å². The molecule has 28 heavy (non-hydrogen) atoms. The highest BCUT2D eigenvalue weighted by Gasteiger charge is 2.29. The fourth-order valence-corrected chi connectivity index (χ4v) is 2.30. The number of urea groups is 1. The molecule has 2 N–H and O–H groups in total. The molecule has 3 amide bonds. The number of likely N-dealkylation sites (N-methyl/N-ethyl adjacent to an activating group) is 1. The number of nitrogens with one attached hydrogen (secondary N) is 2. The predicted molar refractivity (Wildman–Crippen MR) is 94.6 cm³/mol. The van der Waals surface area contributed by atoms with Crippen molar-refractivity contribution in [3.63, 3.8) is 0 Å². The van der Waals surface area contributed by atoms with Gasteiger partial charge in [-0.25, -0.2) is 9.18 Å². The quantitative estimate of drug-likeness (QED) is 0.735. The molecule has 0 aliphatic heterocycles. The van der Waals surface area contributed by atoms with E-state index in [1.165, 1.54) is 48.3 Å². The molecule has 2 rings (SSSR count). The Labute approximate surface area is 159 Å². The van der Waals surface area contributed by atoms with E-state index in [9.17, 15) is 27.2 Å². The van der Waals surface area contributed by atoms with E-state index in [0.29, 0.717) is 11.1 Å². The highest BCUT2D eigenvalue weighted by molar-refractivity contribution is 5.83. The highest BCUT2D eigenvalue weighted by Crippen LogP contribution is 2.29. The molecular weight excluding hydrogens is 378 g/mol.